The molecule has 1 aliphatic heterocycles. The van der Waals surface area contributed by atoms with Gasteiger partial charge in [0.1, 0.15) is 40.8 Å². The van der Waals surface area contributed by atoms with Gasteiger partial charge in [0.2, 0.25) is 11.8 Å². The Hall–Kier alpha value is -5.39. The molecule has 2 heterocycles. The van der Waals surface area contributed by atoms with Crippen molar-refractivity contribution < 1.29 is 38.1 Å². The van der Waals surface area contributed by atoms with Crippen LogP contribution in [0.15, 0.2) is 79.9 Å². The predicted octanol–water partition coefficient (Wildman–Crippen LogP) is 6.13. The second kappa shape index (κ2) is 16.5. The molecular formula is C41H50N4O8. The Balaban J connectivity index is 1.50. The van der Waals surface area contributed by atoms with E-state index in [-0.39, 0.29) is 31.9 Å². The summed E-state index contributed by atoms with van der Waals surface area (Å²) < 4.78 is 23.0. The number of aromatic nitrogens is 1. The predicted molar refractivity (Wildman–Crippen MR) is 201 cm³/mol. The first-order valence-electron chi connectivity index (χ1n) is 18.1. The van der Waals surface area contributed by atoms with Gasteiger partial charge in [-0.25, -0.2) is 14.6 Å². The third kappa shape index (κ3) is 9.16. The van der Waals surface area contributed by atoms with Crippen LogP contribution in [0.4, 0.5) is 4.79 Å². The Kier molecular flexibility index (Phi) is 12.1. The number of carbonyl (C=O) groups excluding carboxylic acids is 4. The van der Waals surface area contributed by atoms with Gasteiger partial charge in [0, 0.05) is 35.4 Å². The monoisotopic (exact) mass is 726 g/mol. The number of benzene rings is 2. The molecule has 53 heavy (non-hydrogen) atoms. The fourth-order valence-electron chi connectivity index (χ4n) is 6.65. The standard InChI is InChI=1S/C41H50N4O8/c1-8-11-13-18-31(43-39(49)53-40(4,5)6)37(47)45-25-29(22-34(45)36(46)44-41(24-27(41)9-2)38(48)51-10-3)52-35-23-32(26-16-14-12-15-17-26)42-33-21-28(50-7)19-20-30(33)35/h8-9,12,14-17,19-21,23,27,29,31,34H,1-2,10-11,13,18,22,24-25H2,3-7H3,(H,43,49)(H,44,46)/t27?,29-,31+,34+,41-/m1/s1. The first kappa shape index (κ1) is 38.8. The molecule has 0 bridgehead atoms. The molecule has 2 N–H and O–H groups in total. The lowest BCUT2D eigenvalue weighted by molar-refractivity contribution is -0.150. The van der Waals surface area contributed by atoms with Gasteiger partial charge in [-0.05, 0) is 65.5 Å². The maximum atomic E-state index is 14.5. The van der Waals surface area contributed by atoms with Crippen molar-refractivity contribution >= 4 is 34.8 Å². The minimum Gasteiger partial charge on any atom is -0.497 e. The second-order valence-corrected chi connectivity index (χ2v) is 14.4. The number of alkyl carbamates (subject to hydrolysis) is 1. The van der Waals surface area contributed by atoms with E-state index in [1.165, 1.54) is 4.90 Å². The van der Waals surface area contributed by atoms with Gasteiger partial charge in [0.25, 0.3) is 0 Å². The second-order valence-electron chi connectivity index (χ2n) is 14.4. The van der Waals surface area contributed by atoms with E-state index < -0.39 is 53.2 Å². The number of carbonyl (C=O) groups is 4. The van der Waals surface area contributed by atoms with Crippen LogP contribution in [0.2, 0.25) is 0 Å². The summed E-state index contributed by atoms with van der Waals surface area (Å²) in [6, 6.07) is 15.0. The number of allylic oxidation sites excluding steroid dienone is 1. The van der Waals surface area contributed by atoms with Crippen molar-refractivity contribution in [2.24, 2.45) is 5.92 Å². The lowest BCUT2D eigenvalue weighted by atomic mass is 10.1. The summed E-state index contributed by atoms with van der Waals surface area (Å²) in [7, 11) is 1.59. The molecule has 5 atom stereocenters. The molecule has 1 aromatic heterocycles. The third-order valence-electron chi connectivity index (χ3n) is 9.37. The number of amides is 3. The van der Waals surface area contributed by atoms with E-state index >= 15 is 0 Å². The number of methoxy groups -OCH3 is 1. The van der Waals surface area contributed by atoms with Crippen LogP contribution in [0.25, 0.3) is 22.2 Å². The largest absolute Gasteiger partial charge is 0.497 e. The summed E-state index contributed by atoms with van der Waals surface area (Å²) >= 11 is 0. The van der Waals surface area contributed by atoms with Crippen molar-refractivity contribution in [3.8, 4) is 22.8 Å². The molecule has 2 aromatic carbocycles. The molecule has 2 fully saturated rings. The zero-order valence-electron chi connectivity index (χ0n) is 31.2. The maximum Gasteiger partial charge on any atom is 0.408 e. The van der Waals surface area contributed by atoms with Crippen molar-refractivity contribution in [2.75, 3.05) is 20.3 Å². The van der Waals surface area contributed by atoms with E-state index in [1.807, 2.05) is 54.6 Å². The number of fused-ring (bicyclic) bond motifs is 1. The van der Waals surface area contributed by atoms with Crippen LogP contribution >= 0.6 is 0 Å². The van der Waals surface area contributed by atoms with Crippen molar-refractivity contribution in [3.05, 3.63) is 79.9 Å². The summed E-state index contributed by atoms with van der Waals surface area (Å²) in [5.41, 5.74) is 0.128. The van der Waals surface area contributed by atoms with Gasteiger partial charge in [-0.3, -0.25) is 9.59 Å². The molecule has 12 nitrogen and oxygen atoms in total. The van der Waals surface area contributed by atoms with E-state index in [2.05, 4.69) is 23.8 Å². The van der Waals surface area contributed by atoms with Crippen molar-refractivity contribution in [2.45, 2.75) is 89.1 Å². The highest BCUT2D eigenvalue weighted by atomic mass is 16.6. The maximum absolute atomic E-state index is 14.5. The number of likely N-dealkylation sites (tertiary alicyclic amines) is 1. The quantitative estimate of drug-likeness (QED) is 0.107. The highest BCUT2D eigenvalue weighted by molar-refractivity contribution is 5.97. The lowest BCUT2D eigenvalue weighted by Gasteiger charge is -2.30. The van der Waals surface area contributed by atoms with Gasteiger partial charge in [-0.1, -0.05) is 42.5 Å². The Morgan fingerprint density at radius 1 is 1.09 bits per heavy atom. The number of nitrogens with zero attached hydrogens (tertiary/aromatic N) is 2. The minimum atomic E-state index is -1.27. The third-order valence-corrected chi connectivity index (χ3v) is 9.37. The summed E-state index contributed by atoms with van der Waals surface area (Å²) in [6.45, 7) is 14.7. The van der Waals surface area contributed by atoms with E-state index in [1.54, 1.807) is 47.0 Å². The molecular weight excluding hydrogens is 676 g/mol. The summed E-state index contributed by atoms with van der Waals surface area (Å²) in [6.07, 6.45) is 3.87. The average molecular weight is 727 g/mol. The number of ether oxygens (including phenoxy) is 4. The minimum absolute atomic E-state index is 0.0306. The van der Waals surface area contributed by atoms with Gasteiger partial charge < -0.3 is 34.5 Å². The molecule has 0 spiro atoms. The fourth-order valence-corrected chi connectivity index (χ4v) is 6.65. The first-order chi connectivity index (χ1) is 25.3. The number of pyridine rings is 1. The van der Waals surface area contributed by atoms with Crippen LogP contribution in [0, 0.1) is 5.92 Å². The number of rotatable bonds is 15. The molecule has 3 amide bonds. The van der Waals surface area contributed by atoms with E-state index in [4.69, 9.17) is 23.9 Å². The summed E-state index contributed by atoms with van der Waals surface area (Å²) in [4.78, 5) is 61.1. The van der Waals surface area contributed by atoms with Crippen LogP contribution in [0.1, 0.15) is 59.8 Å². The Morgan fingerprint density at radius 3 is 2.49 bits per heavy atom. The number of unbranched alkanes of at least 4 members (excludes halogenated alkanes) is 1. The normalized spacial score (nSPS) is 21.2. The van der Waals surface area contributed by atoms with E-state index in [9.17, 15) is 19.2 Å². The van der Waals surface area contributed by atoms with Crippen LogP contribution in [-0.4, -0.2) is 83.3 Å². The fraction of sp³-hybridized carbons (Fsp3) is 0.439. The van der Waals surface area contributed by atoms with Gasteiger partial charge >= 0.3 is 12.1 Å². The Morgan fingerprint density at radius 2 is 1.85 bits per heavy atom. The van der Waals surface area contributed by atoms with Gasteiger partial charge in [-0.2, -0.15) is 0 Å². The van der Waals surface area contributed by atoms with Gasteiger partial charge in [0.15, 0.2) is 0 Å². The van der Waals surface area contributed by atoms with Gasteiger partial charge in [-0.15, -0.1) is 13.2 Å². The molecule has 12 heteroatoms. The Bertz CT molecular complexity index is 1840. The molecule has 1 saturated carbocycles. The molecule has 1 unspecified atom stereocenters. The van der Waals surface area contributed by atoms with E-state index in [0.717, 1.165) is 10.9 Å². The van der Waals surface area contributed by atoms with Crippen molar-refractivity contribution in [1.29, 1.82) is 0 Å². The van der Waals surface area contributed by atoms with Crippen LogP contribution < -0.4 is 20.1 Å². The zero-order chi connectivity index (χ0) is 38.3. The SMILES string of the molecule is C=CCCC[C@H](NC(=O)OC(C)(C)C)C(=O)N1C[C@H](Oc2cc(-c3ccccc3)nc3cc(OC)ccc23)C[C@H]1C(=O)N[C@]1(C(=O)OCC)CC1C=C. The highest BCUT2D eigenvalue weighted by Crippen LogP contribution is 2.46. The first-order valence-corrected chi connectivity index (χ1v) is 18.1. The zero-order valence-corrected chi connectivity index (χ0v) is 31.2. The summed E-state index contributed by atoms with van der Waals surface area (Å²) in [5, 5.41) is 6.38. The highest BCUT2D eigenvalue weighted by Gasteiger charge is 2.62. The average Bonchev–Trinajstić information content (AvgIpc) is 3.69. The van der Waals surface area contributed by atoms with E-state index in [0.29, 0.717) is 42.0 Å². The molecule has 1 aliphatic carbocycles. The number of hydrogen-bond donors (Lipinski definition) is 2. The lowest BCUT2D eigenvalue weighted by Crippen LogP contribution is -2.56. The van der Waals surface area contributed by atoms with Crippen LogP contribution in [0.5, 0.6) is 11.5 Å². The topological polar surface area (TPSA) is 145 Å². The molecule has 2 aliphatic rings. The number of esters is 1. The molecule has 3 aromatic rings. The van der Waals surface area contributed by atoms with Crippen molar-refractivity contribution in [3.63, 3.8) is 0 Å². The smallest absolute Gasteiger partial charge is 0.408 e. The van der Waals surface area contributed by atoms with Crippen molar-refractivity contribution in [1.82, 2.24) is 20.5 Å². The van der Waals surface area contributed by atoms with Crippen LogP contribution in [-0.2, 0) is 23.9 Å². The number of hydrogen-bond acceptors (Lipinski definition) is 9. The summed E-state index contributed by atoms with van der Waals surface area (Å²) in [5.74, 6) is -0.728. The molecule has 0 radical (unpaired) electrons. The Labute approximate surface area is 310 Å². The molecule has 282 valence electrons. The number of nitrogens with one attached hydrogen (secondary N) is 2. The van der Waals surface area contributed by atoms with Gasteiger partial charge in [0.05, 0.1) is 31.5 Å². The van der Waals surface area contributed by atoms with Crippen LogP contribution in [0.3, 0.4) is 0 Å². The molecule has 1 saturated heterocycles. The molecule has 5 rings (SSSR count).